The summed E-state index contributed by atoms with van der Waals surface area (Å²) in [6.07, 6.45) is 1.88. The summed E-state index contributed by atoms with van der Waals surface area (Å²) in [4.78, 5) is 17.9. The van der Waals surface area contributed by atoms with E-state index in [0.29, 0.717) is 5.82 Å². The van der Waals surface area contributed by atoms with Gasteiger partial charge in [-0.3, -0.25) is 4.79 Å². The van der Waals surface area contributed by atoms with E-state index in [-0.39, 0.29) is 11.9 Å². The lowest BCUT2D eigenvalue weighted by atomic mass is 10.2. The van der Waals surface area contributed by atoms with Gasteiger partial charge in [-0.2, -0.15) is 0 Å². The Kier molecular flexibility index (Phi) is 2.94. The topological polar surface area (TPSA) is 71.2 Å². The van der Waals surface area contributed by atoms with E-state index in [9.17, 15) is 4.79 Å². The molecule has 86 valence electrons. The minimum Gasteiger partial charge on any atom is -0.384 e. The second kappa shape index (κ2) is 4.38. The summed E-state index contributed by atoms with van der Waals surface area (Å²) in [5.41, 5.74) is 5.64. The Labute approximate surface area is 94.6 Å². The van der Waals surface area contributed by atoms with Crippen LogP contribution in [0.2, 0.25) is 0 Å². The Balaban J connectivity index is 2.23. The molecule has 0 spiro atoms. The Morgan fingerprint density at radius 1 is 1.62 bits per heavy atom. The molecule has 0 radical (unpaired) electrons. The zero-order valence-corrected chi connectivity index (χ0v) is 9.31. The molecule has 5 heteroatoms. The molecule has 1 fully saturated rings. The summed E-state index contributed by atoms with van der Waals surface area (Å²) in [7, 11) is 1.66. The van der Waals surface area contributed by atoms with Gasteiger partial charge >= 0.3 is 0 Å². The average Bonchev–Trinajstić information content (AvgIpc) is 2.77. The summed E-state index contributed by atoms with van der Waals surface area (Å²) < 4.78 is 0. The third-order valence-electron chi connectivity index (χ3n) is 2.85. The predicted molar refractivity (Wildman–Crippen MR) is 63.1 cm³/mol. The van der Waals surface area contributed by atoms with Gasteiger partial charge in [0.05, 0.1) is 0 Å². The molecule has 0 saturated carbocycles. The van der Waals surface area contributed by atoms with Gasteiger partial charge in [-0.25, -0.2) is 4.98 Å². The molecule has 1 saturated heterocycles. The molecule has 0 aliphatic carbocycles. The molecule has 1 unspecified atom stereocenters. The molecular weight excluding hydrogens is 204 g/mol. The van der Waals surface area contributed by atoms with Crippen LogP contribution in [0.3, 0.4) is 0 Å². The lowest BCUT2D eigenvalue weighted by Crippen LogP contribution is -2.42. The molecule has 0 aromatic carbocycles. The number of pyridine rings is 1. The van der Waals surface area contributed by atoms with Crippen molar-refractivity contribution in [3.05, 3.63) is 18.2 Å². The maximum atomic E-state index is 11.7. The molecule has 1 aromatic rings. The van der Waals surface area contributed by atoms with Crippen LogP contribution in [0, 0.1) is 0 Å². The van der Waals surface area contributed by atoms with Crippen LogP contribution in [0.5, 0.6) is 0 Å². The van der Waals surface area contributed by atoms with Crippen LogP contribution < -0.4 is 16.0 Å². The number of anilines is 2. The first-order chi connectivity index (χ1) is 7.72. The lowest BCUT2D eigenvalue weighted by molar-refractivity contribution is -0.121. The maximum absolute atomic E-state index is 11.7. The highest BCUT2D eigenvalue weighted by molar-refractivity contribution is 5.85. The zero-order valence-electron chi connectivity index (χ0n) is 9.31. The smallest absolute Gasteiger partial charge is 0.242 e. The molecule has 1 atom stereocenters. The SMILES string of the molecule is CNC(=O)C1CCCN1c1cccc(N)n1. The van der Waals surface area contributed by atoms with Crippen LogP contribution in [-0.2, 0) is 4.79 Å². The Hall–Kier alpha value is -1.78. The number of hydrogen-bond donors (Lipinski definition) is 2. The van der Waals surface area contributed by atoms with Crippen molar-refractivity contribution in [1.82, 2.24) is 10.3 Å². The fourth-order valence-corrected chi connectivity index (χ4v) is 2.08. The second-order valence-electron chi connectivity index (χ2n) is 3.89. The number of likely N-dealkylation sites (N-methyl/N-ethyl adjacent to an activating group) is 1. The van der Waals surface area contributed by atoms with E-state index >= 15 is 0 Å². The number of rotatable bonds is 2. The molecule has 5 nitrogen and oxygen atoms in total. The van der Waals surface area contributed by atoms with Gasteiger partial charge in [0.2, 0.25) is 5.91 Å². The number of nitrogen functional groups attached to an aromatic ring is 1. The first-order valence-corrected chi connectivity index (χ1v) is 5.43. The molecule has 1 aromatic heterocycles. The van der Waals surface area contributed by atoms with Gasteiger partial charge in [0.15, 0.2) is 0 Å². The zero-order chi connectivity index (χ0) is 11.5. The number of amides is 1. The van der Waals surface area contributed by atoms with E-state index in [4.69, 9.17) is 5.73 Å². The van der Waals surface area contributed by atoms with Crippen molar-refractivity contribution in [3.63, 3.8) is 0 Å². The first-order valence-electron chi connectivity index (χ1n) is 5.43. The number of nitrogens with zero attached hydrogens (tertiary/aromatic N) is 2. The fraction of sp³-hybridized carbons (Fsp3) is 0.455. The lowest BCUT2D eigenvalue weighted by Gasteiger charge is -2.24. The summed E-state index contributed by atoms with van der Waals surface area (Å²) in [5.74, 6) is 1.31. The van der Waals surface area contributed by atoms with Crippen molar-refractivity contribution < 1.29 is 4.79 Å². The van der Waals surface area contributed by atoms with Gasteiger partial charge in [0.25, 0.3) is 0 Å². The van der Waals surface area contributed by atoms with Gasteiger partial charge in [-0.15, -0.1) is 0 Å². The molecule has 1 aliphatic heterocycles. The van der Waals surface area contributed by atoms with Crippen LogP contribution in [-0.4, -0.2) is 30.5 Å². The Bertz CT molecular complexity index is 393. The van der Waals surface area contributed by atoms with Crippen LogP contribution in [0.4, 0.5) is 11.6 Å². The summed E-state index contributed by atoms with van der Waals surface area (Å²) >= 11 is 0. The third-order valence-corrected chi connectivity index (χ3v) is 2.85. The quantitative estimate of drug-likeness (QED) is 0.755. The summed E-state index contributed by atoms with van der Waals surface area (Å²) in [6.45, 7) is 0.856. The Morgan fingerprint density at radius 2 is 2.44 bits per heavy atom. The van der Waals surface area contributed by atoms with Crippen LogP contribution in [0.15, 0.2) is 18.2 Å². The monoisotopic (exact) mass is 220 g/mol. The normalized spacial score (nSPS) is 19.8. The number of carbonyl (C=O) groups excluding carboxylic acids is 1. The molecular formula is C11H16N4O. The minimum absolute atomic E-state index is 0.0433. The first kappa shape index (κ1) is 10.7. The van der Waals surface area contributed by atoms with Gasteiger partial charge in [-0.05, 0) is 25.0 Å². The number of carbonyl (C=O) groups is 1. The minimum atomic E-state index is -0.112. The van der Waals surface area contributed by atoms with Crippen molar-refractivity contribution in [2.75, 3.05) is 24.2 Å². The van der Waals surface area contributed by atoms with Crippen molar-refractivity contribution >= 4 is 17.5 Å². The van der Waals surface area contributed by atoms with E-state index < -0.39 is 0 Å². The van der Waals surface area contributed by atoms with Gasteiger partial charge < -0.3 is 16.0 Å². The van der Waals surface area contributed by atoms with E-state index in [1.54, 1.807) is 13.1 Å². The van der Waals surface area contributed by atoms with Gasteiger partial charge in [-0.1, -0.05) is 6.07 Å². The fourth-order valence-electron chi connectivity index (χ4n) is 2.08. The van der Waals surface area contributed by atoms with E-state index in [0.717, 1.165) is 25.2 Å². The summed E-state index contributed by atoms with van der Waals surface area (Å²) in [5, 5.41) is 2.68. The molecule has 2 rings (SSSR count). The van der Waals surface area contributed by atoms with E-state index in [1.165, 1.54) is 0 Å². The average molecular weight is 220 g/mol. The van der Waals surface area contributed by atoms with Gasteiger partial charge in [0.1, 0.15) is 17.7 Å². The van der Waals surface area contributed by atoms with Crippen molar-refractivity contribution in [3.8, 4) is 0 Å². The predicted octanol–water partition coefficient (Wildman–Crippen LogP) is 0.379. The standard InChI is InChI=1S/C11H16N4O/c1-13-11(16)8-4-3-7-15(8)10-6-2-5-9(12)14-10/h2,5-6,8H,3-4,7H2,1H3,(H2,12,14)(H,13,16). The summed E-state index contributed by atoms with van der Waals surface area (Å²) in [6, 6.07) is 5.38. The van der Waals surface area contributed by atoms with Crippen LogP contribution >= 0.6 is 0 Å². The Morgan fingerprint density at radius 3 is 3.12 bits per heavy atom. The highest BCUT2D eigenvalue weighted by Crippen LogP contribution is 2.24. The van der Waals surface area contributed by atoms with E-state index in [1.807, 2.05) is 17.0 Å². The molecule has 3 N–H and O–H groups in total. The molecule has 2 heterocycles. The second-order valence-corrected chi connectivity index (χ2v) is 3.89. The number of hydrogen-bond acceptors (Lipinski definition) is 4. The number of aromatic nitrogens is 1. The highest BCUT2D eigenvalue weighted by Gasteiger charge is 2.30. The number of nitrogens with one attached hydrogen (secondary N) is 1. The van der Waals surface area contributed by atoms with Gasteiger partial charge in [0, 0.05) is 13.6 Å². The van der Waals surface area contributed by atoms with Crippen molar-refractivity contribution in [1.29, 1.82) is 0 Å². The van der Waals surface area contributed by atoms with Crippen molar-refractivity contribution in [2.45, 2.75) is 18.9 Å². The largest absolute Gasteiger partial charge is 0.384 e. The van der Waals surface area contributed by atoms with E-state index in [2.05, 4.69) is 10.3 Å². The highest BCUT2D eigenvalue weighted by atomic mass is 16.2. The maximum Gasteiger partial charge on any atom is 0.242 e. The molecule has 1 aliphatic rings. The van der Waals surface area contributed by atoms with Crippen LogP contribution in [0.1, 0.15) is 12.8 Å². The molecule has 0 bridgehead atoms. The molecule has 16 heavy (non-hydrogen) atoms. The third kappa shape index (κ3) is 1.93. The van der Waals surface area contributed by atoms with Crippen molar-refractivity contribution in [2.24, 2.45) is 0 Å². The molecule has 1 amide bonds. The number of nitrogens with two attached hydrogens (primary N) is 1. The van der Waals surface area contributed by atoms with Crippen LogP contribution in [0.25, 0.3) is 0 Å².